The number of fused-ring (bicyclic) bond motifs is 2. The summed E-state index contributed by atoms with van der Waals surface area (Å²) < 4.78 is 1.76. The lowest BCUT2D eigenvalue weighted by molar-refractivity contribution is 0.126. The fourth-order valence-corrected chi connectivity index (χ4v) is 3.19. The minimum atomic E-state index is -0.140. The van der Waals surface area contributed by atoms with Gasteiger partial charge in [-0.25, -0.2) is 0 Å². The summed E-state index contributed by atoms with van der Waals surface area (Å²) in [6.45, 7) is 0. The van der Waals surface area contributed by atoms with Gasteiger partial charge in [0.05, 0.1) is 11.8 Å². The predicted octanol–water partition coefficient (Wildman–Crippen LogP) is 0.494. The van der Waals surface area contributed by atoms with E-state index in [1.165, 1.54) is 0 Å². The molecule has 2 saturated heterocycles. The highest BCUT2D eigenvalue weighted by Crippen LogP contribution is 2.40. The Balaban J connectivity index is 1.93. The topological polar surface area (TPSA) is 67.3 Å². The van der Waals surface area contributed by atoms with E-state index in [-0.39, 0.29) is 6.10 Å². The minimum Gasteiger partial charge on any atom is -0.394 e. The van der Waals surface area contributed by atoms with Crippen LogP contribution in [-0.2, 0) is 7.05 Å². The lowest BCUT2D eigenvalue weighted by Gasteiger charge is -2.37. The van der Waals surface area contributed by atoms with Gasteiger partial charge in [0.1, 0.15) is 0 Å². The zero-order valence-electron chi connectivity index (χ0n) is 9.50. The fourth-order valence-electron chi connectivity index (χ4n) is 3.19. The van der Waals surface area contributed by atoms with Crippen LogP contribution >= 0.6 is 0 Å². The summed E-state index contributed by atoms with van der Waals surface area (Å²) in [5.41, 5.74) is 6.72. The van der Waals surface area contributed by atoms with E-state index >= 15 is 0 Å². The van der Waals surface area contributed by atoms with Crippen molar-refractivity contribution in [2.24, 2.45) is 7.05 Å². The quantitative estimate of drug-likeness (QED) is 0.726. The van der Waals surface area contributed by atoms with Crippen molar-refractivity contribution in [2.45, 2.75) is 43.9 Å². The molecule has 0 amide bonds. The van der Waals surface area contributed by atoms with E-state index in [1.807, 2.05) is 13.2 Å². The molecule has 1 aromatic rings. The van der Waals surface area contributed by atoms with Crippen LogP contribution in [0.25, 0.3) is 0 Å². The van der Waals surface area contributed by atoms with Crippen molar-refractivity contribution in [3.05, 3.63) is 6.20 Å². The van der Waals surface area contributed by atoms with Crippen LogP contribution in [-0.4, -0.2) is 33.1 Å². The Hall–Kier alpha value is -1.23. The van der Waals surface area contributed by atoms with Crippen LogP contribution in [0.3, 0.4) is 0 Å². The summed E-state index contributed by atoms with van der Waals surface area (Å²) in [7, 11) is 1.89. The molecule has 0 aliphatic carbocycles. The van der Waals surface area contributed by atoms with Crippen molar-refractivity contribution in [3.8, 4) is 0 Å². The second-order valence-corrected chi connectivity index (χ2v) is 5.00. The van der Waals surface area contributed by atoms with Crippen molar-refractivity contribution in [1.29, 1.82) is 0 Å². The molecule has 16 heavy (non-hydrogen) atoms. The van der Waals surface area contributed by atoms with Crippen LogP contribution in [0.15, 0.2) is 6.20 Å². The molecule has 1 aromatic heterocycles. The molecular weight excluding hydrogens is 204 g/mol. The lowest BCUT2D eigenvalue weighted by atomic mass is 10.00. The van der Waals surface area contributed by atoms with Gasteiger partial charge in [0.15, 0.2) is 5.82 Å². The van der Waals surface area contributed by atoms with Gasteiger partial charge in [-0.2, -0.15) is 5.10 Å². The van der Waals surface area contributed by atoms with Gasteiger partial charge in [0.25, 0.3) is 0 Å². The molecule has 0 aromatic carbocycles. The molecule has 0 radical (unpaired) electrons. The number of piperidine rings is 1. The third-order valence-corrected chi connectivity index (χ3v) is 3.79. The van der Waals surface area contributed by atoms with Crippen molar-refractivity contribution in [3.63, 3.8) is 0 Å². The second-order valence-electron chi connectivity index (χ2n) is 5.00. The number of nitrogens with zero attached hydrogens (tertiary/aromatic N) is 3. The Morgan fingerprint density at radius 3 is 2.50 bits per heavy atom. The number of anilines is 2. The maximum Gasteiger partial charge on any atom is 0.174 e. The molecule has 3 N–H and O–H groups in total. The number of aliphatic hydroxyl groups is 1. The number of nitrogens with two attached hydrogens (primary N) is 1. The summed E-state index contributed by atoms with van der Waals surface area (Å²) in [5, 5.41) is 14.2. The first-order chi connectivity index (χ1) is 7.65. The zero-order valence-corrected chi connectivity index (χ0v) is 9.50. The molecule has 0 spiro atoms. The van der Waals surface area contributed by atoms with Gasteiger partial charge < -0.3 is 15.7 Å². The molecule has 0 saturated carbocycles. The van der Waals surface area contributed by atoms with Crippen molar-refractivity contribution < 1.29 is 5.11 Å². The SMILES string of the molecule is Cn1cc(N)c(N2C3CCC2CC(O)C3)n1. The summed E-state index contributed by atoms with van der Waals surface area (Å²) in [4.78, 5) is 2.32. The summed E-state index contributed by atoms with van der Waals surface area (Å²) >= 11 is 0. The Labute approximate surface area is 94.8 Å². The van der Waals surface area contributed by atoms with Gasteiger partial charge in [-0.1, -0.05) is 0 Å². The predicted molar refractivity (Wildman–Crippen MR) is 62.2 cm³/mol. The van der Waals surface area contributed by atoms with E-state index in [2.05, 4.69) is 10.00 Å². The highest BCUT2D eigenvalue weighted by Gasteiger charge is 2.41. The highest BCUT2D eigenvalue weighted by atomic mass is 16.3. The van der Waals surface area contributed by atoms with Crippen LogP contribution in [0.4, 0.5) is 11.5 Å². The Bertz CT molecular complexity index is 389. The Morgan fingerprint density at radius 2 is 2.00 bits per heavy atom. The molecule has 2 aliphatic heterocycles. The maximum atomic E-state index is 9.75. The summed E-state index contributed by atoms with van der Waals surface area (Å²) in [6, 6.07) is 0.844. The van der Waals surface area contributed by atoms with E-state index in [1.54, 1.807) is 4.68 Å². The van der Waals surface area contributed by atoms with Crippen molar-refractivity contribution in [1.82, 2.24) is 9.78 Å². The number of aromatic nitrogens is 2. The van der Waals surface area contributed by atoms with Crippen molar-refractivity contribution >= 4 is 11.5 Å². The van der Waals surface area contributed by atoms with Gasteiger partial charge in [0.2, 0.25) is 0 Å². The van der Waals surface area contributed by atoms with Gasteiger partial charge in [-0.3, -0.25) is 4.68 Å². The molecule has 2 aliphatic rings. The lowest BCUT2D eigenvalue weighted by Crippen LogP contribution is -2.45. The largest absolute Gasteiger partial charge is 0.394 e. The summed E-state index contributed by atoms with van der Waals surface area (Å²) in [5.74, 6) is 0.905. The van der Waals surface area contributed by atoms with E-state index in [0.29, 0.717) is 12.1 Å². The minimum absolute atomic E-state index is 0.140. The van der Waals surface area contributed by atoms with Crippen LogP contribution in [0.1, 0.15) is 25.7 Å². The van der Waals surface area contributed by atoms with Gasteiger partial charge in [0, 0.05) is 25.3 Å². The van der Waals surface area contributed by atoms with E-state index in [9.17, 15) is 5.11 Å². The van der Waals surface area contributed by atoms with Crippen LogP contribution in [0.5, 0.6) is 0 Å². The average Bonchev–Trinajstić information content (AvgIpc) is 2.65. The van der Waals surface area contributed by atoms with E-state index < -0.39 is 0 Å². The van der Waals surface area contributed by atoms with E-state index in [0.717, 1.165) is 37.2 Å². The number of aliphatic hydroxyl groups excluding tert-OH is 1. The molecular formula is C11H18N4O. The van der Waals surface area contributed by atoms with Gasteiger partial charge in [-0.05, 0) is 25.7 Å². The molecule has 2 atom stereocenters. The smallest absolute Gasteiger partial charge is 0.174 e. The Morgan fingerprint density at radius 1 is 1.38 bits per heavy atom. The Kier molecular flexibility index (Phi) is 2.10. The van der Waals surface area contributed by atoms with Gasteiger partial charge in [-0.15, -0.1) is 0 Å². The van der Waals surface area contributed by atoms with Crippen LogP contribution in [0, 0.1) is 0 Å². The number of hydrogen-bond donors (Lipinski definition) is 2. The molecule has 88 valence electrons. The zero-order chi connectivity index (χ0) is 11.3. The standard InChI is InChI=1S/C11H18N4O/c1-14-6-10(12)11(13-14)15-7-2-3-8(15)5-9(16)4-7/h6-9,16H,2-5,12H2,1H3. The third kappa shape index (κ3) is 1.38. The van der Waals surface area contributed by atoms with Crippen LogP contribution in [0.2, 0.25) is 0 Å². The highest BCUT2D eigenvalue weighted by molar-refractivity contribution is 5.63. The normalized spacial score (nSPS) is 33.4. The molecule has 5 heteroatoms. The fraction of sp³-hybridized carbons (Fsp3) is 0.727. The molecule has 5 nitrogen and oxygen atoms in total. The number of hydrogen-bond acceptors (Lipinski definition) is 4. The first-order valence-electron chi connectivity index (χ1n) is 5.90. The molecule has 2 unspecified atom stereocenters. The average molecular weight is 222 g/mol. The second kappa shape index (κ2) is 3.38. The third-order valence-electron chi connectivity index (χ3n) is 3.79. The first-order valence-corrected chi connectivity index (χ1v) is 5.90. The maximum absolute atomic E-state index is 9.75. The first kappa shape index (κ1) is 9.96. The number of rotatable bonds is 1. The molecule has 2 fully saturated rings. The molecule has 3 rings (SSSR count). The van der Waals surface area contributed by atoms with E-state index in [4.69, 9.17) is 5.73 Å². The molecule has 2 bridgehead atoms. The monoisotopic (exact) mass is 222 g/mol. The van der Waals surface area contributed by atoms with Crippen molar-refractivity contribution in [2.75, 3.05) is 10.6 Å². The number of nitrogen functional groups attached to an aromatic ring is 1. The van der Waals surface area contributed by atoms with Crippen LogP contribution < -0.4 is 10.6 Å². The number of aryl methyl sites for hydroxylation is 1. The molecule has 3 heterocycles. The summed E-state index contributed by atoms with van der Waals surface area (Å²) in [6.07, 6.45) is 5.72. The van der Waals surface area contributed by atoms with Gasteiger partial charge >= 0.3 is 0 Å².